The summed E-state index contributed by atoms with van der Waals surface area (Å²) in [6.45, 7) is 10.9. The summed E-state index contributed by atoms with van der Waals surface area (Å²) in [5, 5.41) is 14.8. The lowest BCUT2D eigenvalue weighted by Crippen LogP contribution is -2.49. The summed E-state index contributed by atoms with van der Waals surface area (Å²) >= 11 is 1.18. The Bertz CT molecular complexity index is 2030. The lowest BCUT2D eigenvalue weighted by atomic mass is 9.86. The highest BCUT2D eigenvalue weighted by atomic mass is 32.1. The minimum Gasteiger partial charge on any atom is -0.461 e. The van der Waals surface area contributed by atoms with E-state index < -0.39 is 90.0 Å². The van der Waals surface area contributed by atoms with Crippen molar-refractivity contribution < 1.29 is 47.8 Å². The van der Waals surface area contributed by atoms with Gasteiger partial charge in [0.15, 0.2) is 16.6 Å². The van der Waals surface area contributed by atoms with Crippen LogP contribution in [0.3, 0.4) is 0 Å². The number of carbonyl (C=O) groups is 8. The van der Waals surface area contributed by atoms with Gasteiger partial charge in [0.25, 0.3) is 0 Å². The van der Waals surface area contributed by atoms with Crippen molar-refractivity contribution in [2.24, 2.45) is 17.8 Å². The average molecular weight is 817 g/mol. The second-order valence-electron chi connectivity index (χ2n) is 15.7. The Morgan fingerprint density at radius 3 is 2.05 bits per heavy atom. The monoisotopic (exact) mass is 816 g/mol. The summed E-state index contributed by atoms with van der Waals surface area (Å²) in [5.41, 5.74) is 1.03. The van der Waals surface area contributed by atoms with Crippen LogP contribution in [0, 0.1) is 29.1 Å². The first-order valence-corrected chi connectivity index (χ1v) is 19.9. The normalized spacial score (nSPS) is 13.4. The summed E-state index contributed by atoms with van der Waals surface area (Å²) < 4.78 is 11.5. The van der Waals surface area contributed by atoms with E-state index in [1.807, 2.05) is 6.07 Å². The lowest BCUT2D eigenvalue weighted by molar-refractivity contribution is -0.158. The fourth-order valence-corrected chi connectivity index (χ4v) is 6.87. The molecule has 0 bridgehead atoms. The van der Waals surface area contributed by atoms with E-state index in [-0.39, 0.29) is 48.9 Å². The van der Waals surface area contributed by atoms with Crippen LogP contribution in [0.4, 0.5) is 0 Å². The topological polar surface area (TPSA) is 216 Å². The molecule has 0 radical (unpaired) electrons. The number of nitriles is 1. The van der Waals surface area contributed by atoms with Crippen molar-refractivity contribution in [3.8, 4) is 6.07 Å². The highest BCUT2D eigenvalue weighted by Crippen LogP contribution is 2.24. The maximum atomic E-state index is 14.0. The zero-order chi connectivity index (χ0) is 43.2. The van der Waals surface area contributed by atoms with E-state index >= 15 is 0 Å². The van der Waals surface area contributed by atoms with Crippen LogP contribution in [0.5, 0.6) is 0 Å². The summed E-state index contributed by atoms with van der Waals surface area (Å²) in [6.07, 6.45) is -2.02. The van der Waals surface area contributed by atoms with E-state index in [0.29, 0.717) is 21.3 Å². The summed E-state index contributed by atoms with van der Waals surface area (Å²) in [5.74, 6) is -7.35. The van der Waals surface area contributed by atoms with Gasteiger partial charge >= 0.3 is 11.9 Å². The van der Waals surface area contributed by atoms with Gasteiger partial charge in [-0.25, -0.2) is 4.98 Å². The number of rotatable bonds is 22. The zero-order valence-corrected chi connectivity index (χ0v) is 34.9. The molecule has 0 saturated carbocycles. The Morgan fingerprint density at radius 1 is 0.793 bits per heavy atom. The Morgan fingerprint density at radius 2 is 1.45 bits per heavy atom. The Hall–Kier alpha value is -5.62. The van der Waals surface area contributed by atoms with E-state index in [1.54, 1.807) is 83.1 Å². The first-order chi connectivity index (χ1) is 27.2. The van der Waals surface area contributed by atoms with Gasteiger partial charge in [-0.15, -0.1) is 11.3 Å². The van der Waals surface area contributed by atoms with E-state index in [2.05, 4.69) is 15.6 Å². The molecule has 0 aliphatic rings. The van der Waals surface area contributed by atoms with Crippen LogP contribution in [0.2, 0.25) is 0 Å². The second-order valence-corrected chi connectivity index (χ2v) is 16.7. The number of nitrogens with zero attached hydrogens (tertiary/aromatic N) is 2. The highest BCUT2D eigenvalue weighted by molar-refractivity contribution is 7.19. The van der Waals surface area contributed by atoms with E-state index in [0.717, 1.165) is 0 Å². The molecule has 2 N–H and O–H groups in total. The van der Waals surface area contributed by atoms with Crippen LogP contribution in [0.1, 0.15) is 103 Å². The Kier molecular flexibility index (Phi) is 17.6. The van der Waals surface area contributed by atoms with Crippen molar-refractivity contribution in [3.05, 3.63) is 64.7 Å². The van der Waals surface area contributed by atoms with Crippen LogP contribution in [0.15, 0.2) is 48.5 Å². The van der Waals surface area contributed by atoms with E-state index in [1.165, 1.54) is 25.2 Å². The molecule has 3 aromatic rings. The number of ketones is 4. The van der Waals surface area contributed by atoms with E-state index in [9.17, 15) is 43.6 Å². The number of hydrogen-bond acceptors (Lipinski definition) is 13. The quantitative estimate of drug-likeness (QED) is 0.123. The van der Waals surface area contributed by atoms with Crippen molar-refractivity contribution in [3.63, 3.8) is 0 Å². The number of benzene rings is 2. The Balaban J connectivity index is 1.79. The van der Waals surface area contributed by atoms with Gasteiger partial charge < -0.3 is 24.9 Å². The molecule has 14 nitrogen and oxygen atoms in total. The van der Waals surface area contributed by atoms with Crippen LogP contribution in [0.25, 0.3) is 10.2 Å². The summed E-state index contributed by atoms with van der Waals surface area (Å²) in [7, 11) is 0. The standard InChI is InChI=1S/C43H52N4O10S/c1-25(2)31(42(55)47-34(17-27(4)49)35(50)18-29-14-16-33-37(19-29)58-38(23-44)45-33)22-36(51)32(15-13-26(3)48)46-41(54)30(21-40(53)57-43(5,6)7)20-39(52)56-24-28-11-9-8-10-12-28/h8-12,14,16,19,25,30-32,34H,13,15,17-18,20-22,24H2,1-7H3,(H,46,54)(H,47,55). The van der Waals surface area contributed by atoms with Gasteiger partial charge in [-0.3, -0.25) is 33.6 Å². The predicted molar refractivity (Wildman–Crippen MR) is 215 cm³/mol. The minimum atomic E-state index is -1.29. The molecule has 3 rings (SSSR count). The fourth-order valence-electron chi connectivity index (χ4n) is 6.04. The lowest BCUT2D eigenvalue weighted by Gasteiger charge is -2.26. The van der Waals surface area contributed by atoms with Crippen molar-refractivity contribution in [2.45, 2.75) is 118 Å². The SMILES string of the molecule is CC(=O)CCC(NC(=O)C(CC(=O)OCc1ccccc1)CC(=O)OC(C)(C)C)C(=O)CC(C(=O)NC(CC(C)=O)C(=O)Cc1ccc2nc(C#N)sc2c1)C(C)C. The fraction of sp³-hybridized carbons (Fsp3) is 0.488. The molecule has 4 atom stereocenters. The number of thiazole rings is 1. The van der Waals surface area contributed by atoms with Crippen LogP contribution < -0.4 is 10.6 Å². The first-order valence-electron chi connectivity index (χ1n) is 19.1. The molecule has 1 heterocycles. The number of aromatic nitrogens is 1. The number of amides is 2. The van der Waals surface area contributed by atoms with Crippen molar-refractivity contribution in [1.82, 2.24) is 15.6 Å². The van der Waals surface area contributed by atoms with Gasteiger partial charge in [-0.1, -0.05) is 50.2 Å². The summed E-state index contributed by atoms with van der Waals surface area (Å²) in [6, 6.07) is 13.5. The van der Waals surface area contributed by atoms with Crippen molar-refractivity contribution in [1.29, 1.82) is 5.26 Å². The second kappa shape index (κ2) is 21.8. The molecule has 1 aromatic heterocycles. The number of ether oxygens (including phenoxy) is 2. The number of hydrogen-bond donors (Lipinski definition) is 2. The molecule has 2 aromatic carbocycles. The van der Waals surface area contributed by atoms with E-state index in [4.69, 9.17) is 9.47 Å². The van der Waals surface area contributed by atoms with Gasteiger partial charge in [0, 0.05) is 31.6 Å². The van der Waals surface area contributed by atoms with Crippen molar-refractivity contribution in [2.75, 3.05) is 0 Å². The van der Waals surface area contributed by atoms with Crippen LogP contribution >= 0.6 is 11.3 Å². The Labute approximate surface area is 342 Å². The molecule has 0 fully saturated rings. The smallest absolute Gasteiger partial charge is 0.307 e. The summed E-state index contributed by atoms with van der Waals surface area (Å²) in [4.78, 5) is 109. The largest absolute Gasteiger partial charge is 0.461 e. The maximum absolute atomic E-state index is 14.0. The third-order valence-corrected chi connectivity index (χ3v) is 9.96. The number of Topliss-reactive ketones (excluding diaryl/α,β-unsaturated/α-hetero) is 4. The van der Waals surface area contributed by atoms with Crippen LogP contribution in [-0.4, -0.2) is 69.6 Å². The van der Waals surface area contributed by atoms with Gasteiger partial charge in [-0.2, -0.15) is 5.26 Å². The molecule has 0 saturated heterocycles. The molecule has 310 valence electrons. The molecule has 0 aliphatic heterocycles. The maximum Gasteiger partial charge on any atom is 0.307 e. The number of esters is 2. The number of nitrogens with one attached hydrogen (secondary N) is 2. The minimum absolute atomic E-state index is 0.0651. The predicted octanol–water partition coefficient (Wildman–Crippen LogP) is 5.31. The number of carbonyl (C=O) groups excluding carboxylic acids is 8. The number of fused-ring (bicyclic) bond motifs is 1. The average Bonchev–Trinajstić information content (AvgIpc) is 3.56. The highest BCUT2D eigenvalue weighted by Gasteiger charge is 2.35. The van der Waals surface area contributed by atoms with Gasteiger partial charge in [-0.05, 0) is 70.2 Å². The molecule has 58 heavy (non-hydrogen) atoms. The van der Waals surface area contributed by atoms with Gasteiger partial charge in [0.1, 0.15) is 29.8 Å². The molecule has 2 amide bonds. The van der Waals surface area contributed by atoms with Gasteiger partial charge in [0.2, 0.25) is 11.8 Å². The molecular formula is C43H52N4O10S. The third-order valence-electron chi connectivity index (χ3n) is 9.04. The molecule has 15 heteroatoms. The molecular weight excluding hydrogens is 765 g/mol. The molecule has 4 unspecified atom stereocenters. The van der Waals surface area contributed by atoms with Gasteiger partial charge in [0.05, 0.1) is 41.1 Å². The zero-order valence-electron chi connectivity index (χ0n) is 34.0. The first kappa shape index (κ1) is 46.8. The van der Waals surface area contributed by atoms with Crippen LogP contribution in [-0.2, 0) is 60.9 Å². The third kappa shape index (κ3) is 15.7. The molecule has 0 aliphatic carbocycles. The van der Waals surface area contributed by atoms with Crippen molar-refractivity contribution >= 4 is 68.4 Å². The molecule has 0 spiro atoms.